The molecule has 0 bridgehead atoms. The molecule has 1 aromatic carbocycles. The van der Waals surface area contributed by atoms with Crippen LogP contribution in [0.25, 0.3) is 0 Å². The summed E-state index contributed by atoms with van der Waals surface area (Å²) in [6, 6.07) is 8.28. The number of carbonyl (C=O) groups excluding carboxylic acids is 1. The summed E-state index contributed by atoms with van der Waals surface area (Å²) in [5, 5.41) is 9.93. The molecule has 28 heavy (non-hydrogen) atoms. The van der Waals surface area contributed by atoms with Gasteiger partial charge in [-0.3, -0.25) is 4.79 Å². The van der Waals surface area contributed by atoms with Gasteiger partial charge in [0.2, 0.25) is 0 Å². The lowest BCUT2D eigenvalue weighted by atomic mass is 10.0. The van der Waals surface area contributed by atoms with Crippen molar-refractivity contribution in [1.82, 2.24) is 9.78 Å². The van der Waals surface area contributed by atoms with E-state index in [9.17, 15) is 18.0 Å². The average Bonchev–Trinajstić information content (AvgIpc) is 3.31. The van der Waals surface area contributed by atoms with E-state index < -0.39 is 24.2 Å². The Morgan fingerprint density at radius 3 is 2.68 bits per heavy atom. The van der Waals surface area contributed by atoms with E-state index in [4.69, 9.17) is 16.0 Å². The summed E-state index contributed by atoms with van der Waals surface area (Å²) in [4.78, 5) is 12.4. The second-order valence-electron chi connectivity index (χ2n) is 6.33. The molecule has 2 N–H and O–H groups in total. The predicted octanol–water partition coefficient (Wildman–Crippen LogP) is 5.04. The van der Waals surface area contributed by atoms with Crippen LogP contribution in [0.1, 0.15) is 34.8 Å². The van der Waals surface area contributed by atoms with Crippen molar-refractivity contribution in [1.29, 1.82) is 0 Å². The molecule has 0 spiro atoms. The van der Waals surface area contributed by atoms with Gasteiger partial charge in [0.1, 0.15) is 11.6 Å². The molecule has 0 saturated heterocycles. The lowest BCUT2D eigenvalue weighted by Crippen LogP contribution is -2.35. The number of carbonyl (C=O) groups is 1. The van der Waals surface area contributed by atoms with Crippen molar-refractivity contribution in [3.63, 3.8) is 0 Å². The van der Waals surface area contributed by atoms with Gasteiger partial charge in [-0.25, -0.2) is 4.68 Å². The van der Waals surface area contributed by atoms with Gasteiger partial charge in [-0.15, -0.1) is 0 Å². The fourth-order valence-electron chi connectivity index (χ4n) is 3.09. The number of halogens is 4. The number of aromatic nitrogens is 2. The molecular formula is C18H14ClF3N4O2. The van der Waals surface area contributed by atoms with Gasteiger partial charge in [0.25, 0.3) is 5.91 Å². The third kappa shape index (κ3) is 3.57. The standard InChI is InChI=1S/C18H14ClF3N4O2/c19-10-3-5-11(6-4-10)23-17(27)13-9-16-24-12(14-2-1-7-28-14)8-15(18(20,21)22)26(16)25-13/h1-7,9,12,15,24H,8H2,(H,23,27)/t12-,15+/m1/s1. The Hall–Kier alpha value is -2.94. The minimum absolute atomic E-state index is 0.0937. The van der Waals surface area contributed by atoms with Gasteiger partial charge in [-0.2, -0.15) is 18.3 Å². The van der Waals surface area contributed by atoms with Crippen molar-refractivity contribution in [2.75, 3.05) is 10.6 Å². The quantitative estimate of drug-likeness (QED) is 0.634. The van der Waals surface area contributed by atoms with E-state index in [1.807, 2.05) is 0 Å². The number of anilines is 2. The molecule has 6 nitrogen and oxygen atoms in total. The first-order chi connectivity index (χ1) is 13.3. The molecule has 0 fully saturated rings. The van der Waals surface area contributed by atoms with E-state index in [0.29, 0.717) is 16.5 Å². The summed E-state index contributed by atoms with van der Waals surface area (Å²) in [5.74, 6) is -0.147. The molecule has 2 aromatic heterocycles. The number of nitrogens with zero attached hydrogens (tertiary/aromatic N) is 2. The third-order valence-electron chi connectivity index (χ3n) is 4.41. The highest BCUT2D eigenvalue weighted by Crippen LogP contribution is 2.43. The molecule has 0 unspecified atom stereocenters. The van der Waals surface area contributed by atoms with E-state index in [2.05, 4.69) is 15.7 Å². The maximum atomic E-state index is 13.6. The Morgan fingerprint density at radius 1 is 1.29 bits per heavy atom. The second-order valence-corrected chi connectivity index (χ2v) is 6.76. The molecule has 1 aliphatic heterocycles. The number of hydrogen-bond donors (Lipinski definition) is 2. The monoisotopic (exact) mass is 410 g/mol. The highest BCUT2D eigenvalue weighted by molar-refractivity contribution is 6.30. The molecule has 146 valence electrons. The van der Waals surface area contributed by atoms with Crippen LogP contribution < -0.4 is 10.6 Å². The minimum atomic E-state index is -4.53. The van der Waals surface area contributed by atoms with E-state index in [-0.39, 0.29) is 17.9 Å². The fourth-order valence-corrected chi connectivity index (χ4v) is 3.21. The Bertz CT molecular complexity index is 983. The Balaban J connectivity index is 1.63. The first kappa shape index (κ1) is 18.4. The first-order valence-corrected chi connectivity index (χ1v) is 8.72. The summed E-state index contributed by atoms with van der Waals surface area (Å²) in [7, 11) is 0. The molecule has 2 atom stereocenters. The van der Waals surface area contributed by atoms with Crippen LogP contribution in [0.3, 0.4) is 0 Å². The number of benzene rings is 1. The van der Waals surface area contributed by atoms with Crippen LogP contribution >= 0.6 is 11.6 Å². The molecule has 0 radical (unpaired) electrons. The van der Waals surface area contributed by atoms with Crippen LogP contribution in [0.15, 0.2) is 53.1 Å². The zero-order valence-corrected chi connectivity index (χ0v) is 15.0. The summed E-state index contributed by atoms with van der Waals surface area (Å²) >= 11 is 5.80. The Labute approximate surface area is 162 Å². The van der Waals surface area contributed by atoms with E-state index in [1.165, 1.54) is 12.3 Å². The third-order valence-corrected chi connectivity index (χ3v) is 4.66. The smallest absolute Gasteiger partial charge is 0.410 e. The van der Waals surface area contributed by atoms with Crippen LogP contribution in [0, 0.1) is 0 Å². The van der Waals surface area contributed by atoms with E-state index in [1.54, 1.807) is 36.4 Å². The molecule has 10 heteroatoms. The molecule has 3 heterocycles. The fraction of sp³-hybridized carbons (Fsp3) is 0.222. The highest BCUT2D eigenvalue weighted by Gasteiger charge is 2.47. The number of amides is 1. The topological polar surface area (TPSA) is 72.1 Å². The van der Waals surface area contributed by atoms with Gasteiger partial charge in [0.15, 0.2) is 11.7 Å². The Morgan fingerprint density at radius 2 is 2.04 bits per heavy atom. The number of hydrogen-bond acceptors (Lipinski definition) is 4. The van der Waals surface area contributed by atoms with Crippen molar-refractivity contribution in [3.05, 3.63) is 65.2 Å². The summed E-state index contributed by atoms with van der Waals surface area (Å²) in [6.45, 7) is 0. The largest absolute Gasteiger partial charge is 0.467 e. The van der Waals surface area contributed by atoms with Gasteiger partial charge in [-0.1, -0.05) is 11.6 Å². The van der Waals surface area contributed by atoms with E-state index >= 15 is 0 Å². The summed E-state index contributed by atoms with van der Waals surface area (Å²) in [6.07, 6.45) is -3.43. The van der Waals surface area contributed by atoms with Crippen molar-refractivity contribution < 1.29 is 22.4 Å². The van der Waals surface area contributed by atoms with Gasteiger partial charge in [-0.05, 0) is 36.4 Å². The van der Waals surface area contributed by atoms with Crippen molar-refractivity contribution in [2.45, 2.75) is 24.7 Å². The number of fused-ring (bicyclic) bond motifs is 1. The van der Waals surface area contributed by atoms with Crippen molar-refractivity contribution in [3.8, 4) is 0 Å². The number of furan rings is 1. The second kappa shape index (κ2) is 6.90. The molecule has 0 saturated carbocycles. The maximum Gasteiger partial charge on any atom is 0.410 e. The molecule has 4 rings (SSSR count). The van der Waals surface area contributed by atoms with Crippen LogP contribution in [0.4, 0.5) is 24.7 Å². The van der Waals surface area contributed by atoms with Crippen LogP contribution in [0.5, 0.6) is 0 Å². The Kier molecular flexibility index (Phi) is 4.54. The van der Waals surface area contributed by atoms with Crippen molar-refractivity contribution in [2.24, 2.45) is 0 Å². The summed E-state index contributed by atoms with van der Waals surface area (Å²) < 4.78 is 46.8. The molecule has 3 aromatic rings. The maximum absolute atomic E-state index is 13.6. The SMILES string of the molecule is O=C(Nc1ccc(Cl)cc1)c1cc2n(n1)[C@H](C(F)(F)F)C[C@H](c1ccco1)N2. The minimum Gasteiger partial charge on any atom is -0.467 e. The average molecular weight is 411 g/mol. The van der Waals surface area contributed by atoms with E-state index in [0.717, 1.165) is 4.68 Å². The van der Waals surface area contributed by atoms with Crippen LogP contribution in [0.2, 0.25) is 5.02 Å². The highest BCUT2D eigenvalue weighted by atomic mass is 35.5. The van der Waals surface area contributed by atoms with Crippen molar-refractivity contribution >= 4 is 29.0 Å². The van der Waals surface area contributed by atoms with Crippen LogP contribution in [-0.4, -0.2) is 21.9 Å². The number of rotatable bonds is 3. The number of alkyl halides is 3. The van der Waals surface area contributed by atoms with Gasteiger partial charge in [0, 0.05) is 23.2 Å². The zero-order valence-electron chi connectivity index (χ0n) is 14.2. The zero-order chi connectivity index (χ0) is 19.9. The van der Waals surface area contributed by atoms with Crippen LogP contribution in [-0.2, 0) is 0 Å². The van der Waals surface area contributed by atoms with Gasteiger partial charge in [0.05, 0.1) is 12.3 Å². The van der Waals surface area contributed by atoms with Gasteiger partial charge < -0.3 is 15.1 Å². The molecular weight excluding hydrogens is 397 g/mol. The summed E-state index contributed by atoms with van der Waals surface area (Å²) in [5.41, 5.74) is 0.320. The lowest BCUT2D eigenvalue weighted by molar-refractivity contribution is -0.174. The lowest BCUT2D eigenvalue weighted by Gasteiger charge is -2.32. The van der Waals surface area contributed by atoms with Gasteiger partial charge >= 0.3 is 6.18 Å². The molecule has 0 aliphatic carbocycles. The first-order valence-electron chi connectivity index (χ1n) is 8.34. The normalized spacial score (nSPS) is 19.0. The molecule has 1 amide bonds. The predicted molar refractivity (Wildman–Crippen MR) is 96.4 cm³/mol. The molecule has 1 aliphatic rings. The number of nitrogens with one attached hydrogen (secondary N) is 2.